The van der Waals surface area contributed by atoms with E-state index in [1.165, 1.54) is 128 Å². The van der Waals surface area contributed by atoms with Gasteiger partial charge in [-0.05, 0) is 32.1 Å². The van der Waals surface area contributed by atoms with Gasteiger partial charge in [0.25, 0.3) is 0 Å². The molecule has 2 N–H and O–H groups in total. The molecule has 0 radical (unpaired) electrons. The number of carbonyl (C=O) groups excluding carboxylic acids is 1. The summed E-state index contributed by atoms with van der Waals surface area (Å²) in [6, 6.07) is 0. The van der Waals surface area contributed by atoms with Gasteiger partial charge in [0.15, 0.2) is 0 Å². The Kier molecular flexibility index (Phi) is 24.6. The second-order valence-electron chi connectivity index (χ2n) is 8.98. The molecular formula is C27H53NO. The topological polar surface area (TPSA) is 43.1 Å². The summed E-state index contributed by atoms with van der Waals surface area (Å²) in [5.74, 6) is -0.157. The number of hydrogen-bond donors (Lipinski definition) is 1. The zero-order valence-corrected chi connectivity index (χ0v) is 19.9. The maximum absolute atomic E-state index is 10.6. The highest BCUT2D eigenvalue weighted by Crippen LogP contribution is 2.13. The van der Waals surface area contributed by atoms with Gasteiger partial charge < -0.3 is 5.73 Å². The van der Waals surface area contributed by atoms with E-state index in [0.29, 0.717) is 6.42 Å². The Bertz CT molecular complexity index is 350. The van der Waals surface area contributed by atoms with Crippen molar-refractivity contribution >= 4 is 5.91 Å². The first-order valence-electron chi connectivity index (χ1n) is 13.2. The predicted octanol–water partition coefficient (Wildman–Crippen LogP) is 9.02. The summed E-state index contributed by atoms with van der Waals surface area (Å²) in [5, 5.41) is 0. The van der Waals surface area contributed by atoms with E-state index in [4.69, 9.17) is 5.73 Å². The van der Waals surface area contributed by atoms with Gasteiger partial charge in [-0.3, -0.25) is 4.79 Å². The molecule has 0 unspecified atom stereocenters. The molecule has 0 fully saturated rings. The van der Waals surface area contributed by atoms with Crippen LogP contribution in [0.4, 0.5) is 0 Å². The van der Waals surface area contributed by atoms with Crippen molar-refractivity contribution in [2.24, 2.45) is 5.73 Å². The molecule has 0 bridgehead atoms. The van der Waals surface area contributed by atoms with Gasteiger partial charge in [-0.25, -0.2) is 0 Å². The Balaban J connectivity index is 3.08. The third-order valence-electron chi connectivity index (χ3n) is 5.93. The highest BCUT2D eigenvalue weighted by atomic mass is 16.1. The minimum atomic E-state index is -0.157. The molecule has 0 aliphatic rings. The lowest BCUT2D eigenvalue weighted by Gasteiger charge is -2.02. The Labute approximate surface area is 183 Å². The Morgan fingerprint density at radius 3 is 1.17 bits per heavy atom. The second kappa shape index (κ2) is 25.2. The number of allylic oxidation sites excluding steroid dienone is 2. The molecule has 0 heterocycles. The van der Waals surface area contributed by atoms with E-state index in [-0.39, 0.29) is 5.91 Å². The molecule has 0 aromatic rings. The van der Waals surface area contributed by atoms with Crippen LogP contribution in [0, 0.1) is 0 Å². The van der Waals surface area contributed by atoms with Crippen molar-refractivity contribution in [1.82, 2.24) is 0 Å². The van der Waals surface area contributed by atoms with Crippen LogP contribution in [0.25, 0.3) is 0 Å². The molecule has 172 valence electrons. The lowest BCUT2D eigenvalue weighted by molar-refractivity contribution is -0.118. The van der Waals surface area contributed by atoms with Crippen LogP contribution in [0.1, 0.15) is 155 Å². The summed E-state index contributed by atoms with van der Waals surface area (Å²) in [6.07, 6.45) is 35.3. The van der Waals surface area contributed by atoms with Crippen LogP contribution in [0.3, 0.4) is 0 Å². The molecule has 0 aromatic carbocycles. The molecule has 0 saturated carbocycles. The third kappa shape index (κ3) is 27.2. The van der Waals surface area contributed by atoms with E-state index in [2.05, 4.69) is 19.1 Å². The maximum atomic E-state index is 10.6. The van der Waals surface area contributed by atoms with Crippen LogP contribution in [0.5, 0.6) is 0 Å². The summed E-state index contributed by atoms with van der Waals surface area (Å²) in [4.78, 5) is 10.6. The summed E-state index contributed by atoms with van der Waals surface area (Å²) in [7, 11) is 0. The Morgan fingerprint density at radius 2 is 0.828 bits per heavy atom. The number of amides is 1. The molecule has 1 amide bonds. The van der Waals surface area contributed by atoms with Crippen LogP contribution in [-0.2, 0) is 4.79 Å². The standard InChI is InChI=1S/C27H53NO/c1-2-3-4-5-6-7-8-9-10-11-12-13-14-15-16-17-18-19-20-21-22-23-24-25-26-27(28)29/h16-17H,2-15,18-26H2,1H3,(H2,28,29). The molecule has 0 aromatic heterocycles. The fourth-order valence-corrected chi connectivity index (χ4v) is 3.96. The van der Waals surface area contributed by atoms with Crippen LogP contribution in [0.15, 0.2) is 12.2 Å². The molecule has 0 atom stereocenters. The summed E-state index contributed by atoms with van der Waals surface area (Å²) < 4.78 is 0. The smallest absolute Gasteiger partial charge is 0.217 e. The normalized spacial score (nSPS) is 11.5. The van der Waals surface area contributed by atoms with E-state index in [1.807, 2.05) is 0 Å². The van der Waals surface area contributed by atoms with Gasteiger partial charge in [0.2, 0.25) is 5.91 Å². The zero-order chi connectivity index (χ0) is 21.3. The lowest BCUT2D eigenvalue weighted by Crippen LogP contribution is -2.09. The number of primary amides is 1. The Hall–Kier alpha value is -0.790. The largest absolute Gasteiger partial charge is 0.370 e. The first-order chi connectivity index (χ1) is 14.3. The third-order valence-corrected chi connectivity index (χ3v) is 5.93. The molecule has 29 heavy (non-hydrogen) atoms. The number of nitrogens with two attached hydrogens (primary N) is 1. The monoisotopic (exact) mass is 407 g/mol. The van der Waals surface area contributed by atoms with Crippen LogP contribution < -0.4 is 5.73 Å². The molecule has 0 rings (SSSR count). The molecule has 0 aliphatic heterocycles. The van der Waals surface area contributed by atoms with Gasteiger partial charge in [-0.2, -0.15) is 0 Å². The number of unbranched alkanes of at least 4 members (excludes halogenated alkanes) is 20. The van der Waals surface area contributed by atoms with Crippen LogP contribution in [0.2, 0.25) is 0 Å². The fraction of sp³-hybridized carbons (Fsp3) is 0.889. The highest BCUT2D eigenvalue weighted by Gasteiger charge is 1.95. The van der Waals surface area contributed by atoms with Gasteiger partial charge in [0.1, 0.15) is 0 Å². The van der Waals surface area contributed by atoms with Crippen molar-refractivity contribution in [3.63, 3.8) is 0 Å². The molecular weight excluding hydrogens is 354 g/mol. The van der Waals surface area contributed by atoms with Crippen molar-refractivity contribution in [3.05, 3.63) is 12.2 Å². The summed E-state index contributed by atoms with van der Waals surface area (Å²) in [5.41, 5.74) is 5.14. The van der Waals surface area contributed by atoms with Crippen LogP contribution in [-0.4, -0.2) is 5.91 Å². The number of hydrogen-bond acceptors (Lipinski definition) is 1. The van der Waals surface area contributed by atoms with Crippen molar-refractivity contribution in [1.29, 1.82) is 0 Å². The van der Waals surface area contributed by atoms with E-state index in [9.17, 15) is 4.79 Å². The molecule has 2 nitrogen and oxygen atoms in total. The van der Waals surface area contributed by atoms with Gasteiger partial charge in [0, 0.05) is 6.42 Å². The first-order valence-corrected chi connectivity index (χ1v) is 13.2. The zero-order valence-electron chi connectivity index (χ0n) is 19.9. The predicted molar refractivity (Wildman–Crippen MR) is 130 cm³/mol. The molecule has 0 saturated heterocycles. The second-order valence-corrected chi connectivity index (χ2v) is 8.98. The average molecular weight is 408 g/mol. The average Bonchev–Trinajstić information content (AvgIpc) is 2.71. The lowest BCUT2D eigenvalue weighted by atomic mass is 10.0. The van der Waals surface area contributed by atoms with Crippen molar-refractivity contribution in [2.45, 2.75) is 155 Å². The highest BCUT2D eigenvalue weighted by molar-refractivity contribution is 5.73. The van der Waals surface area contributed by atoms with Gasteiger partial charge in [-0.15, -0.1) is 0 Å². The SMILES string of the molecule is CCCCCCCCCCCCCCCC=CCCCCCCCCCC(N)=O. The molecule has 0 aliphatic carbocycles. The number of carbonyl (C=O) groups is 1. The summed E-state index contributed by atoms with van der Waals surface area (Å²) >= 11 is 0. The van der Waals surface area contributed by atoms with Gasteiger partial charge in [-0.1, -0.05) is 128 Å². The minimum Gasteiger partial charge on any atom is -0.370 e. The summed E-state index contributed by atoms with van der Waals surface area (Å²) in [6.45, 7) is 2.29. The van der Waals surface area contributed by atoms with Crippen LogP contribution >= 0.6 is 0 Å². The maximum Gasteiger partial charge on any atom is 0.217 e. The van der Waals surface area contributed by atoms with Crippen molar-refractivity contribution < 1.29 is 4.79 Å². The van der Waals surface area contributed by atoms with Crippen molar-refractivity contribution in [3.8, 4) is 0 Å². The van der Waals surface area contributed by atoms with E-state index in [1.54, 1.807) is 0 Å². The number of rotatable bonds is 24. The van der Waals surface area contributed by atoms with E-state index in [0.717, 1.165) is 12.8 Å². The minimum absolute atomic E-state index is 0.157. The van der Waals surface area contributed by atoms with E-state index >= 15 is 0 Å². The molecule has 0 spiro atoms. The quantitative estimate of drug-likeness (QED) is 0.126. The van der Waals surface area contributed by atoms with E-state index < -0.39 is 0 Å². The first kappa shape index (κ1) is 28.2. The van der Waals surface area contributed by atoms with Crippen molar-refractivity contribution in [2.75, 3.05) is 0 Å². The van der Waals surface area contributed by atoms with Gasteiger partial charge in [0.05, 0.1) is 0 Å². The fourth-order valence-electron chi connectivity index (χ4n) is 3.96. The molecule has 2 heteroatoms. The Morgan fingerprint density at radius 1 is 0.517 bits per heavy atom. The van der Waals surface area contributed by atoms with Gasteiger partial charge >= 0.3 is 0 Å².